The van der Waals surface area contributed by atoms with Crippen LogP contribution in [-0.4, -0.2) is 23.3 Å². The number of fused-ring (bicyclic) bond motifs is 2. The summed E-state index contributed by atoms with van der Waals surface area (Å²) < 4.78 is 5.61. The van der Waals surface area contributed by atoms with E-state index in [0.717, 1.165) is 0 Å². The summed E-state index contributed by atoms with van der Waals surface area (Å²) in [6, 6.07) is 7.08. The molecule has 0 saturated carbocycles. The number of carbonyl (C=O) groups excluding carboxylic acids is 2. The molecule has 0 radical (unpaired) electrons. The van der Waals surface area contributed by atoms with Crippen LogP contribution in [0.3, 0.4) is 0 Å². The Balaban J connectivity index is 1.90. The first-order chi connectivity index (χ1) is 8.60. The number of Topliss-reactive ketones (excluding diaryl/α,β-unsaturated/α-hetero) is 2. The lowest BCUT2D eigenvalue weighted by Crippen LogP contribution is -2.30. The zero-order valence-corrected chi connectivity index (χ0v) is 10.0. The predicted octanol–water partition coefficient (Wildman–Crippen LogP) is 2.31. The summed E-state index contributed by atoms with van der Waals surface area (Å²) in [5, 5.41) is 0. The van der Waals surface area contributed by atoms with Crippen LogP contribution in [0.15, 0.2) is 35.4 Å². The van der Waals surface area contributed by atoms with Crippen molar-refractivity contribution >= 4 is 11.6 Å². The van der Waals surface area contributed by atoms with Gasteiger partial charge in [0.25, 0.3) is 0 Å². The van der Waals surface area contributed by atoms with Crippen LogP contribution >= 0.6 is 0 Å². The van der Waals surface area contributed by atoms with Gasteiger partial charge in [0.1, 0.15) is 0 Å². The van der Waals surface area contributed by atoms with Crippen molar-refractivity contribution in [2.75, 3.05) is 0 Å². The Labute approximate surface area is 104 Å². The van der Waals surface area contributed by atoms with E-state index in [-0.39, 0.29) is 23.3 Å². The van der Waals surface area contributed by atoms with Gasteiger partial charge in [-0.15, -0.1) is 0 Å². The van der Waals surface area contributed by atoms with E-state index in [1.165, 1.54) is 0 Å². The van der Waals surface area contributed by atoms with Crippen molar-refractivity contribution in [3.8, 4) is 0 Å². The largest absolute Gasteiger partial charge is 0.366 e. The van der Waals surface area contributed by atoms with E-state index in [4.69, 9.17) is 4.74 Å². The molecule has 3 heteroatoms. The molecule has 1 heterocycles. The molecule has 4 rings (SSSR count). The van der Waals surface area contributed by atoms with Crippen LogP contribution in [0.2, 0.25) is 0 Å². The number of benzene rings is 1. The minimum atomic E-state index is -0.207. The van der Waals surface area contributed by atoms with Gasteiger partial charge in [0.15, 0.2) is 11.6 Å². The van der Waals surface area contributed by atoms with Crippen molar-refractivity contribution in [2.45, 2.75) is 31.5 Å². The van der Waals surface area contributed by atoms with Crippen molar-refractivity contribution in [1.29, 1.82) is 0 Å². The third-order valence-electron chi connectivity index (χ3n) is 4.28. The summed E-state index contributed by atoms with van der Waals surface area (Å²) in [5.41, 5.74) is 2.24. The monoisotopic (exact) mass is 240 g/mol. The van der Waals surface area contributed by atoms with Gasteiger partial charge in [0, 0.05) is 35.1 Å². The molecule has 3 nitrogen and oxygen atoms in total. The van der Waals surface area contributed by atoms with E-state index in [2.05, 4.69) is 0 Å². The quantitative estimate of drug-likeness (QED) is 0.654. The van der Waals surface area contributed by atoms with Crippen LogP contribution in [0.25, 0.3) is 0 Å². The van der Waals surface area contributed by atoms with Gasteiger partial charge in [0.2, 0.25) is 0 Å². The first-order valence-electron chi connectivity index (χ1n) is 6.18. The summed E-state index contributed by atoms with van der Waals surface area (Å²) in [4.78, 5) is 24.8. The van der Waals surface area contributed by atoms with Crippen LogP contribution in [0.1, 0.15) is 40.5 Å². The molecule has 0 spiro atoms. The maximum absolute atomic E-state index is 12.4. The minimum absolute atomic E-state index is 0.00961. The zero-order chi connectivity index (χ0) is 12.5. The second kappa shape index (κ2) is 2.98. The van der Waals surface area contributed by atoms with Crippen molar-refractivity contribution in [3.05, 3.63) is 46.5 Å². The van der Waals surface area contributed by atoms with Crippen LogP contribution in [0.5, 0.6) is 0 Å². The van der Waals surface area contributed by atoms with E-state index in [1.54, 1.807) is 24.3 Å². The summed E-state index contributed by atoms with van der Waals surface area (Å²) in [7, 11) is 0. The van der Waals surface area contributed by atoms with E-state index >= 15 is 0 Å². The second-order valence-corrected chi connectivity index (χ2v) is 5.46. The number of ketones is 2. The SMILES string of the molecule is C[C@@]12CC3=C(C[C@H]1O2)C(=O)c1ccccc1C3=O. The molecule has 1 aromatic rings. The fourth-order valence-electron chi connectivity index (χ4n) is 3.12. The first-order valence-corrected chi connectivity index (χ1v) is 6.18. The second-order valence-electron chi connectivity index (χ2n) is 5.46. The normalized spacial score (nSPS) is 32.8. The van der Waals surface area contributed by atoms with Crippen molar-refractivity contribution in [2.24, 2.45) is 0 Å². The van der Waals surface area contributed by atoms with Crippen molar-refractivity contribution < 1.29 is 14.3 Å². The Hall–Kier alpha value is -1.74. The van der Waals surface area contributed by atoms with Gasteiger partial charge in [-0.25, -0.2) is 0 Å². The van der Waals surface area contributed by atoms with Crippen molar-refractivity contribution in [3.63, 3.8) is 0 Å². The molecular weight excluding hydrogens is 228 g/mol. The lowest BCUT2D eigenvalue weighted by atomic mass is 9.74. The fourth-order valence-corrected chi connectivity index (χ4v) is 3.12. The molecule has 1 aliphatic heterocycles. The molecule has 0 unspecified atom stereocenters. The molecule has 2 atom stereocenters. The van der Waals surface area contributed by atoms with E-state index in [0.29, 0.717) is 35.1 Å². The molecule has 0 aromatic heterocycles. The van der Waals surface area contributed by atoms with Gasteiger partial charge < -0.3 is 4.74 Å². The van der Waals surface area contributed by atoms with Crippen molar-refractivity contribution in [1.82, 2.24) is 0 Å². The summed E-state index contributed by atoms with van der Waals surface area (Å²) in [5.74, 6) is 0.0214. The number of hydrogen-bond acceptors (Lipinski definition) is 3. The van der Waals surface area contributed by atoms with Gasteiger partial charge >= 0.3 is 0 Å². The van der Waals surface area contributed by atoms with Gasteiger partial charge in [-0.1, -0.05) is 24.3 Å². The Kier molecular flexibility index (Phi) is 1.69. The Morgan fingerprint density at radius 3 is 2.39 bits per heavy atom. The molecule has 0 amide bonds. The highest BCUT2D eigenvalue weighted by Crippen LogP contribution is 2.51. The van der Waals surface area contributed by atoms with Gasteiger partial charge in [0.05, 0.1) is 11.7 Å². The van der Waals surface area contributed by atoms with E-state index < -0.39 is 0 Å². The average molecular weight is 240 g/mol. The highest BCUT2D eigenvalue weighted by Gasteiger charge is 2.57. The van der Waals surface area contributed by atoms with Crippen LogP contribution < -0.4 is 0 Å². The molecular formula is C15H12O3. The summed E-state index contributed by atoms with van der Waals surface area (Å²) >= 11 is 0. The molecule has 0 N–H and O–H groups in total. The highest BCUT2D eigenvalue weighted by atomic mass is 16.6. The van der Waals surface area contributed by atoms with E-state index in [1.807, 2.05) is 6.92 Å². The maximum atomic E-state index is 12.4. The number of carbonyl (C=O) groups is 2. The molecule has 1 saturated heterocycles. The Morgan fingerprint density at radius 1 is 1.11 bits per heavy atom. The maximum Gasteiger partial charge on any atom is 0.190 e. The third kappa shape index (κ3) is 1.12. The zero-order valence-electron chi connectivity index (χ0n) is 10.0. The van der Waals surface area contributed by atoms with Crippen LogP contribution in [-0.2, 0) is 4.74 Å². The molecule has 1 fully saturated rings. The third-order valence-corrected chi connectivity index (χ3v) is 4.28. The number of ether oxygens (including phenoxy) is 1. The van der Waals surface area contributed by atoms with E-state index in [9.17, 15) is 9.59 Å². The number of hydrogen-bond donors (Lipinski definition) is 0. The molecule has 18 heavy (non-hydrogen) atoms. The van der Waals surface area contributed by atoms with Gasteiger partial charge in [-0.2, -0.15) is 0 Å². The molecule has 90 valence electrons. The smallest absolute Gasteiger partial charge is 0.190 e. The average Bonchev–Trinajstić information content (AvgIpc) is 3.04. The summed E-state index contributed by atoms with van der Waals surface area (Å²) in [6.07, 6.45) is 1.29. The van der Waals surface area contributed by atoms with Gasteiger partial charge in [-0.05, 0) is 6.92 Å². The lowest BCUT2D eigenvalue weighted by molar-refractivity contribution is 0.0964. The Bertz CT molecular complexity index is 641. The number of rotatable bonds is 0. The molecule has 3 aliphatic rings. The molecule has 1 aromatic carbocycles. The fraction of sp³-hybridized carbons (Fsp3) is 0.333. The molecule has 0 bridgehead atoms. The lowest BCUT2D eigenvalue weighted by Gasteiger charge is -2.25. The predicted molar refractivity (Wildman–Crippen MR) is 64.6 cm³/mol. The Morgan fingerprint density at radius 2 is 1.72 bits per heavy atom. The molecule has 2 aliphatic carbocycles. The highest BCUT2D eigenvalue weighted by molar-refractivity contribution is 6.27. The topological polar surface area (TPSA) is 46.7 Å². The number of epoxide rings is 1. The summed E-state index contributed by atoms with van der Waals surface area (Å²) in [6.45, 7) is 2.01. The standard InChI is InChI=1S/C15H12O3/c1-15-7-11-10(6-12(15)18-15)13(16)8-4-2-3-5-9(8)14(11)17/h2-5,12H,6-7H2,1H3/t12-,15-/m1/s1. The minimum Gasteiger partial charge on any atom is -0.366 e. The first kappa shape index (κ1) is 10.2. The van der Waals surface area contributed by atoms with Crippen LogP contribution in [0.4, 0.5) is 0 Å². The van der Waals surface area contributed by atoms with Crippen LogP contribution in [0, 0.1) is 0 Å². The van der Waals surface area contributed by atoms with Gasteiger partial charge in [-0.3, -0.25) is 9.59 Å².